The Labute approximate surface area is 242 Å². The van der Waals surface area contributed by atoms with Gasteiger partial charge in [0.25, 0.3) is 0 Å². The van der Waals surface area contributed by atoms with Gasteiger partial charge in [0, 0.05) is 42.8 Å². The molecular weight excluding hydrogens is 522 g/mol. The van der Waals surface area contributed by atoms with E-state index in [4.69, 9.17) is 9.15 Å². The minimum absolute atomic E-state index is 0.0350. The van der Waals surface area contributed by atoms with Crippen molar-refractivity contribution in [2.75, 3.05) is 13.1 Å². The van der Waals surface area contributed by atoms with Crippen molar-refractivity contribution in [2.45, 2.75) is 115 Å². The third-order valence-electron chi connectivity index (χ3n) is 12.2. The molecular formula is C32H47N3O6. The second kappa shape index (κ2) is 10.7. The van der Waals surface area contributed by atoms with Gasteiger partial charge in [-0.2, -0.15) is 0 Å². The van der Waals surface area contributed by atoms with Crippen LogP contribution in [0.5, 0.6) is 0 Å². The van der Waals surface area contributed by atoms with Crippen LogP contribution < -0.4 is 21.6 Å². The minimum Gasteiger partial charge on any atom is -0.462 e. The van der Waals surface area contributed by atoms with E-state index in [1.54, 1.807) is 6.07 Å². The molecule has 2 amide bonds. The highest BCUT2D eigenvalue weighted by molar-refractivity contribution is 5.74. The molecule has 5 aliphatic rings. The molecule has 9 atom stereocenters. The molecule has 6 rings (SSSR count). The SMILES string of the molecule is CC(=O)O[C@H]1C[C@]2(O)[C@@H]3CC[C@@H]4C[C@@H](NC(=O)NC5CCNCC5)CC[C@]4(C)[C@H]3CC[C@]2(C)[C@H]1c1ccc(=O)oc1. The Kier molecular flexibility index (Phi) is 7.50. The molecule has 2 heterocycles. The number of esters is 1. The maximum atomic E-state index is 12.8. The number of ether oxygens (including phenoxy) is 1. The molecule has 1 aromatic heterocycles. The largest absolute Gasteiger partial charge is 0.462 e. The fourth-order valence-corrected chi connectivity index (χ4v) is 10.2. The van der Waals surface area contributed by atoms with Crippen LogP contribution >= 0.6 is 0 Å². The van der Waals surface area contributed by atoms with Gasteiger partial charge in [-0.05, 0) is 106 Å². The Balaban J connectivity index is 1.19. The summed E-state index contributed by atoms with van der Waals surface area (Å²) in [5.41, 5.74) is -1.02. The third-order valence-corrected chi connectivity index (χ3v) is 12.2. The van der Waals surface area contributed by atoms with Crippen molar-refractivity contribution in [1.82, 2.24) is 16.0 Å². The number of carbonyl (C=O) groups is 2. The molecule has 4 aliphatic carbocycles. The predicted octanol–water partition coefficient (Wildman–Crippen LogP) is 3.84. The van der Waals surface area contributed by atoms with E-state index in [2.05, 4.69) is 29.8 Å². The number of hydrogen-bond acceptors (Lipinski definition) is 7. The van der Waals surface area contributed by atoms with E-state index in [0.717, 1.165) is 76.4 Å². The summed E-state index contributed by atoms with van der Waals surface area (Å²) in [7, 11) is 0. The van der Waals surface area contributed by atoms with E-state index in [9.17, 15) is 19.5 Å². The van der Waals surface area contributed by atoms with Gasteiger partial charge in [-0.1, -0.05) is 13.8 Å². The first-order valence-corrected chi connectivity index (χ1v) is 15.8. The fourth-order valence-electron chi connectivity index (χ4n) is 10.2. The zero-order chi connectivity index (χ0) is 29.0. The van der Waals surface area contributed by atoms with Crippen LogP contribution in [0.4, 0.5) is 4.79 Å². The van der Waals surface area contributed by atoms with Gasteiger partial charge < -0.3 is 30.2 Å². The molecule has 0 spiro atoms. The Morgan fingerprint density at radius 3 is 2.46 bits per heavy atom. The van der Waals surface area contributed by atoms with Gasteiger partial charge in [0.05, 0.1) is 11.9 Å². The molecule has 1 saturated heterocycles. The van der Waals surface area contributed by atoms with Gasteiger partial charge in [0.2, 0.25) is 0 Å². The van der Waals surface area contributed by atoms with Gasteiger partial charge in [0.1, 0.15) is 6.10 Å². The quantitative estimate of drug-likeness (QED) is 0.406. The van der Waals surface area contributed by atoms with E-state index < -0.39 is 22.7 Å². The number of fused-ring (bicyclic) bond motifs is 5. The Hall–Kier alpha value is -2.39. The highest BCUT2D eigenvalue weighted by Gasteiger charge is 2.70. The van der Waals surface area contributed by atoms with Gasteiger partial charge in [0.15, 0.2) is 0 Å². The second-order valence-corrected chi connectivity index (χ2v) is 14.2. The van der Waals surface area contributed by atoms with E-state index in [1.807, 2.05) is 0 Å². The van der Waals surface area contributed by atoms with Gasteiger partial charge >= 0.3 is 17.6 Å². The molecule has 5 fully saturated rings. The lowest BCUT2D eigenvalue weighted by molar-refractivity contribution is -0.202. The number of rotatable bonds is 4. The molecule has 9 heteroatoms. The molecule has 1 aromatic rings. The van der Waals surface area contributed by atoms with Crippen LogP contribution in [-0.4, -0.2) is 54.0 Å². The Morgan fingerprint density at radius 2 is 1.76 bits per heavy atom. The van der Waals surface area contributed by atoms with Gasteiger partial charge in [-0.15, -0.1) is 0 Å². The summed E-state index contributed by atoms with van der Waals surface area (Å²) < 4.78 is 11.1. The van der Waals surface area contributed by atoms with Crippen LogP contribution in [0.15, 0.2) is 27.6 Å². The van der Waals surface area contributed by atoms with Gasteiger partial charge in [-0.25, -0.2) is 9.59 Å². The minimum atomic E-state index is -0.991. The second-order valence-electron chi connectivity index (χ2n) is 14.2. The van der Waals surface area contributed by atoms with Crippen molar-refractivity contribution in [3.63, 3.8) is 0 Å². The lowest BCUT2D eigenvalue weighted by Crippen LogP contribution is -2.62. The topological polar surface area (TPSA) is 130 Å². The molecule has 1 aliphatic heterocycles. The number of piperidine rings is 1. The molecule has 0 unspecified atom stereocenters. The van der Waals surface area contributed by atoms with E-state index in [0.29, 0.717) is 18.3 Å². The standard InChI is InChI=1S/C32H47N3O6/c1-19(36)41-26-17-32(39)25-6-5-21-16-23(35-29(38)34-22-10-14-33-15-11-22)8-12-30(21,2)24(25)9-13-31(32,3)28(26)20-4-7-27(37)40-18-20/h4,7,18,21-26,28,33,39H,5-6,8-17H2,1-3H3,(H2,34,35,38)/t21-,23+,24+,25-,26+,28+,30+,31-,32+/m1/s1. The van der Waals surface area contributed by atoms with Crippen LogP contribution in [0.25, 0.3) is 0 Å². The molecule has 0 aromatic carbocycles. The van der Waals surface area contributed by atoms with Crippen molar-refractivity contribution in [3.05, 3.63) is 34.4 Å². The van der Waals surface area contributed by atoms with E-state index >= 15 is 0 Å². The highest BCUT2D eigenvalue weighted by atomic mass is 16.5. The molecule has 0 radical (unpaired) electrons. The van der Waals surface area contributed by atoms with Crippen LogP contribution in [0.1, 0.15) is 96.5 Å². The first-order chi connectivity index (χ1) is 19.5. The molecule has 4 saturated carbocycles. The summed E-state index contributed by atoms with van der Waals surface area (Å²) in [6, 6.07) is 3.57. The fraction of sp³-hybridized carbons (Fsp3) is 0.781. The van der Waals surface area contributed by atoms with Crippen LogP contribution in [-0.2, 0) is 9.53 Å². The molecule has 9 nitrogen and oxygen atoms in total. The monoisotopic (exact) mass is 569 g/mol. The summed E-state index contributed by atoms with van der Waals surface area (Å²) in [5, 5.41) is 22.5. The zero-order valence-electron chi connectivity index (χ0n) is 24.7. The van der Waals surface area contributed by atoms with Crippen LogP contribution in [0, 0.1) is 28.6 Å². The number of urea groups is 1. The number of amides is 2. The maximum absolute atomic E-state index is 12.8. The maximum Gasteiger partial charge on any atom is 0.335 e. The molecule has 0 bridgehead atoms. The van der Waals surface area contributed by atoms with Crippen molar-refractivity contribution in [1.29, 1.82) is 0 Å². The van der Waals surface area contributed by atoms with Crippen LogP contribution in [0.3, 0.4) is 0 Å². The van der Waals surface area contributed by atoms with E-state index in [1.165, 1.54) is 19.3 Å². The number of nitrogens with one attached hydrogen (secondary N) is 3. The number of aliphatic hydroxyl groups is 1. The van der Waals surface area contributed by atoms with Crippen molar-refractivity contribution in [2.24, 2.45) is 28.6 Å². The van der Waals surface area contributed by atoms with Crippen molar-refractivity contribution < 1.29 is 23.8 Å². The normalized spacial score (nSPS) is 42.3. The third kappa shape index (κ3) is 4.90. The Bertz CT molecular complexity index is 1190. The average Bonchev–Trinajstić information content (AvgIpc) is 3.15. The molecule has 226 valence electrons. The lowest BCUT2D eigenvalue weighted by atomic mass is 9.43. The summed E-state index contributed by atoms with van der Waals surface area (Å²) in [6.45, 7) is 7.90. The average molecular weight is 570 g/mol. The summed E-state index contributed by atoms with van der Waals surface area (Å²) in [4.78, 5) is 36.7. The first kappa shape index (κ1) is 28.7. The lowest BCUT2D eigenvalue weighted by Gasteiger charge is -2.63. The van der Waals surface area contributed by atoms with Crippen molar-refractivity contribution in [3.8, 4) is 0 Å². The van der Waals surface area contributed by atoms with E-state index in [-0.39, 0.29) is 41.3 Å². The summed E-state index contributed by atoms with van der Waals surface area (Å²) >= 11 is 0. The van der Waals surface area contributed by atoms with Gasteiger partial charge in [-0.3, -0.25) is 4.79 Å². The summed E-state index contributed by atoms with van der Waals surface area (Å²) in [5.74, 6) is 0.374. The zero-order valence-corrected chi connectivity index (χ0v) is 24.7. The highest BCUT2D eigenvalue weighted by Crippen LogP contribution is 2.70. The summed E-state index contributed by atoms with van der Waals surface area (Å²) in [6.07, 6.45) is 10.1. The smallest absolute Gasteiger partial charge is 0.335 e. The molecule has 41 heavy (non-hydrogen) atoms. The first-order valence-electron chi connectivity index (χ1n) is 15.8. The Morgan fingerprint density at radius 1 is 1.00 bits per heavy atom. The van der Waals surface area contributed by atoms with Crippen LogP contribution in [0.2, 0.25) is 0 Å². The van der Waals surface area contributed by atoms with Crippen molar-refractivity contribution >= 4 is 12.0 Å². The predicted molar refractivity (Wildman–Crippen MR) is 153 cm³/mol. The molecule has 4 N–H and O–H groups in total. The number of hydrogen-bond donors (Lipinski definition) is 4. The number of carbonyl (C=O) groups excluding carboxylic acids is 2.